The summed E-state index contributed by atoms with van der Waals surface area (Å²) in [6.45, 7) is 5.65. The predicted octanol–water partition coefficient (Wildman–Crippen LogP) is 0.938. The van der Waals surface area contributed by atoms with E-state index in [1.807, 2.05) is 12.1 Å². The van der Waals surface area contributed by atoms with Crippen molar-refractivity contribution in [2.75, 3.05) is 18.0 Å². The molecule has 0 atom stereocenters. The van der Waals surface area contributed by atoms with E-state index in [0.29, 0.717) is 11.7 Å². The van der Waals surface area contributed by atoms with E-state index in [0.717, 1.165) is 37.3 Å². The molecule has 16 heavy (non-hydrogen) atoms. The van der Waals surface area contributed by atoms with Gasteiger partial charge < -0.3 is 16.4 Å². The van der Waals surface area contributed by atoms with E-state index in [-0.39, 0.29) is 0 Å². The number of anilines is 1. The molecule has 1 aromatic rings. The first-order chi connectivity index (χ1) is 7.66. The number of nitrogens with zero attached hydrogens (tertiary/aromatic N) is 2. The third-order valence-corrected chi connectivity index (χ3v) is 2.98. The van der Waals surface area contributed by atoms with Crippen molar-refractivity contribution >= 4 is 11.5 Å². The molecular formula is C12H18N4. The molecule has 0 spiro atoms. The number of piperidine rings is 1. The Hall–Kier alpha value is -1.55. The fourth-order valence-corrected chi connectivity index (χ4v) is 1.89. The Morgan fingerprint density at radius 3 is 2.56 bits per heavy atom. The van der Waals surface area contributed by atoms with Gasteiger partial charge in [-0.15, -0.1) is 0 Å². The lowest BCUT2D eigenvalue weighted by Gasteiger charge is -2.31. The highest BCUT2D eigenvalue weighted by atomic mass is 15.2. The van der Waals surface area contributed by atoms with Gasteiger partial charge in [-0.25, -0.2) is 4.98 Å². The number of hydrogen-bond donors (Lipinski definition) is 2. The number of pyridine rings is 1. The van der Waals surface area contributed by atoms with Crippen molar-refractivity contribution in [2.24, 2.45) is 11.5 Å². The summed E-state index contributed by atoms with van der Waals surface area (Å²) in [4.78, 5) is 6.65. The van der Waals surface area contributed by atoms with Gasteiger partial charge in [0.1, 0.15) is 5.82 Å². The van der Waals surface area contributed by atoms with Gasteiger partial charge in [-0.1, -0.05) is 6.58 Å². The highest BCUT2D eigenvalue weighted by Crippen LogP contribution is 2.18. The second-order valence-electron chi connectivity index (χ2n) is 4.25. The molecule has 0 saturated carbocycles. The van der Waals surface area contributed by atoms with Crippen molar-refractivity contribution in [3.8, 4) is 0 Å². The van der Waals surface area contributed by atoms with E-state index in [9.17, 15) is 0 Å². The molecule has 1 aromatic heterocycles. The van der Waals surface area contributed by atoms with Crippen molar-refractivity contribution in [1.82, 2.24) is 4.98 Å². The molecule has 1 aliphatic rings. The van der Waals surface area contributed by atoms with E-state index in [4.69, 9.17) is 11.5 Å². The maximum Gasteiger partial charge on any atom is 0.128 e. The molecule has 0 aliphatic carbocycles. The molecule has 4 heteroatoms. The predicted molar refractivity (Wildman–Crippen MR) is 66.9 cm³/mol. The molecule has 0 aromatic carbocycles. The topological polar surface area (TPSA) is 68.2 Å². The van der Waals surface area contributed by atoms with Crippen molar-refractivity contribution in [3.05, 3.63) is 30.5 Å². The fourth-order valence-electron chi connectivity index (χ4n) is 1.89. The van der Waals surface area contributed by atoms with Gasteiger partial charge >= 0.3 is 0 Å². The molecule has 1 fully saturated rings. The fraction of sp³-hybridized carbons (Fsp3) is 0.417. The van der Waals surface area contributed by atoms with Crippen molar-refractivity contribution < 1.29 is 0 Å². The van der Waals surface area contributed by atoms with Gasteiger partial charge in [0.15, 0.2) is 0 Å². The minimum Gasteiger partial charge on any atom is -0.399 e. The summed E-state index contributed by atoms with van der Waals surface area (Å²) in [5, 5.41) is 0. The van der Waals surface area contributed by atoms with Crippen LogP contribution in [-0.4, -0.2) is 24.1 Å². The first-order valence-corrected chi connectivity index (χ1v) is 5.58. The largest absolute Gasteiger partial charge is 0.399 e. The second-order valence-corrected chi connectivity index (χ2v) is 4.25. The highest BCUT2D eigenvalue weighted by Gasteiger charge is 2.16. The number of hydrogen-bond acceptors (Lipinski definition) is 4. The number of aromatic nitrogens is 1. The molecular weight excluding hydrogens is 200 g/mol. The molecule has 4 nitrogen and oxygen atoms in total. The van der Waals surface area contributed by atoms with Crippen LogP contribution in [0.25, 0.3) is 5.70 Å². The summed E-state index contributed by atoms with van der Waals surface area (Å²) in [5.74, 6) is 0.997. The molecule has 86 valence electrons. The Morgan fingerprint density at radius 1 is 1.38 bits per heavy atom. The van der Waals surface area contributed by atoms with Gasteiger partial charge in [-0.05, 0) is 25.0 Å². The van der Waals surface area contributed by atoms with Crippen LogP contribution >= 0.6 is 0 Å². The smallest absolute Gasteiger partial charge is 0.128 e. The molecule has 0 bridgehead atoms. The molecule has 1 aliphatic heterocycles. The normalized spacial score (nSPS) is 17.4. The molecule has 2 heterocycles. The summed E-state index contributed by atoms with van der Waals surface area (Å²) in [7, 11) is 0. The van der Waals surface area contributed by atoms with Crippen LogP contribution in [0, 0.1) is 0 Å². The van der Waals surface area contributed by atoms with Crippen LogP contribution < -0.4 is 16.4 Å². The van der Waals surface area contributed by atoms with Crippen LogP contribution in [0.3, 0.4) is 0 Å². The average molecular weight is 218 g/mol. The summed E-state index contributed by atoms with van der Waals surface area (Å²) >= 11 is 0. The van der Waals surface area contributed by atoms with Gasteiger partial charge in [0.25, 0.3) is 0 Å². The molecule has 0 unspecified atom stereocenters. The molecule has 2 rings (SSSR count). The lowest BCUT2D eigenvalue weighted by molar-refractivity contribution is 0.498. The number of nitrogens with two attached hydrogens (primary N) is 2. The minimum absolute atomic E-state index is 0.347. The van der Waals surface area contributed by atoms with Crippen LogP contribution in [0.2, 0.25) is 0 Å². The second kappa shape index (κ2) is 4.53. The third kappa shape index (κ3) is 2.33. The lowest BCUT2D eigenvalue weighted by atomic mass is 10.1. The van der Waals surface area contributed by atoms with E-state index < -0.39 is 0 Å². The summed E-state index contributed by atoms with van der Waals surface area (Å²) in [5.41, 5.74) is 12.9. The van der Waals surface area contributed by atoms with Crippen molar-refractivity contribution in [1.29, 1.82) is 0 Å². The maximum atomic E-state index is 5.86. The van der Waals surface area contributed by atoms with Crippen molar-refractivity contribution in [3.63, 3.8) is 0 Å². The summed E-state index contributed by atoms with van der Waals surface area (Å²) < 4.78 is 0. The van der Waals surface area contributed by atoms with E-state index in [1.54, 1.807) is 6.20 Å². The zero-order valence-corrected chi connectivity index (χ0v) is 9.39. The Labute approximate surface area is 95.9 Å². The van der Waals surface area contributed by atoms with Crippen molar-refractivity contribution in [2.45, 2.75) is 18.9 Å². The van der Waals surface area contributed by atoms with Crippen LogP contribution in [0.4, 0.5) is 5.82 Å². The lowest BCUT2D eigenvalue weighted by Crippen LogP contribution is -2.40. The van der Waals surface area contributed by atoms with E-state index >= 15 is 0 Å². The molecule has 0 radical (unpaired) electrons. The van der Waals surface area contributed by atoms with Crippen LogP contribution in [-0.2, 0) is 0 Å². The Morgan fingerprint density at radius 2 is 2.06 bits per heavy atom. The number of rotatable bonds is 2. The quantitative estimate of drug-likeness (QED) is 0.775. The van der Waals surface area contributed by atoms with Crippen LogP contribution in [0.1, 0.15) is 18.4 Å². The van der Waals surface area contributed by atoms with E-state index in [1.165, 1.54) is 0 Å². The molecule has 1 saturated heterocycles. The minimum atomic E-state index is 0.347. The Kier molecular flexibility index (Phi) is 3.10. The summed E-state index contributed by atoms with van der Waals surface area (Å²) in [6, 6.07) is 4.29. The Balaban J connectivity index is 2.07. The molecule has 4 N–H and O–H groups in total. The van der Waals surface area contributed by atoms with Gasteiger partial charge in [0, 0.05) is 36.6 Å². The first kappa shape index (κ1) is 11.0. The standard InChI is InChI=1S/C12H18N4/c1-9(13)10-2-3-12(15-8-10)16-6-4-11(14)5-7-16/h2-3,8,11H,1,4-7,13-14H2. The SMILES string of the molecule is C=C(N)c1ccc(N2CCC(N)CC2)nc1. The van der Waals surface area contributed by atoms with Gasteiger partial charge in [0.05, 0.1) is 0 Å². The highest BCUT2D eigenvalue weighted by molar-refractivity contribution is 5.60. The first-order valence-electron chi connectivity index (χ1n) is 5.58. The third-order valence-electron chi connectivity index (χ3n) is 2.98. The maximum absolute atomic E-state index is 5.86. The van der Waals surface area contributed by atoms with Gasteiger partial charge in [-0.2, -0.15) is 0 Å². The average Bonchev–Trinajstić information content (AvgIpc) is 2.30. The molecule has 0 amide bonds. The van der Waals surface area contributed by atoms with Crippen LogP contribution in [0.15, 0.2) is 24.9 Å². The monoisotopic (exact) mass is 218 g/mol. The summed E-state index contributed by atoms with van der Waals surface area (Å²) in [6.07, 6.45) is 3.84. The Bertz CT molecular complexity index is 363. The zero-order valence-electron chi connectivity index (χ0n) is 9.39. The van der Waals surface area contributed by atoms with Gasteiger partial charge in [-0.3, -0.25) is 0 Å². The van der Waals surface area contributed by atoms with Gasteiger partial charge in [0.2, 0.25) is 0 Å². The zero-order chi connectivity index (χ0) is 11.5. The van der Waals surface area contributed by atoms with E-state index in [2.05, 4.69) is 16.5 Å². The van der Waals surface area contributed by atoms with Crippen LogP contribution in [0.5, 0.6) is 0 Å².